The van der Waals surface area contributed by atoms with Crippen molar-refractivity contribution in [2.24, 2.45) is 0 Å². The fourth-order valence-corrected chi connectivity index (χ4v) is 4.88. The third-order valence-electron chi connectivity index (χ3n) is 3.83. The molecule has 0 bridgehead atoms. The molecule has 1 aliphatic heterocycles. The van der Waals surface area contributed by atoms with E-state index in [2.05, 4.69) is 4.98 Å². The quantitative estimate of drug-likeness (QED) is 0.751. The number of hydrogen-bond donors (Lipinski definition) is 0. The van der Waals surface area contributed by atoms with Crippen molar-refractivity contribution in [1.82, 2.24) is 13.6 Å². The average molecular weight is 332 g/mol. The van der Waals surface area contributed by atoms with Gasteiger partial charge in [0.2, 0.25) is 0 Å². The largest absolute Gasteiger partial charge is 0.282 e. The van der Waals surface area contributed by atoms with Crippen molar-refractivity contribution < 1.29 is 8.42 Å². The predicted octanol–water partition coefficient (Wildman–Crippen LogP) is 2.24. The first-order valence-electron chi connectivity index (χ1n) is 7.31. The molecule has 0 N–H and O–H groups in total. The van der Waals surface area contributed by atoms with Gasteiger partial charge < -0.3 is 0 Å². The smallest absolute Gasteiger partial charge is 0.265 e. The number of piperidine rings is 1. The molecular formula is C14H22ClN3O2S. The molecule has 0 aromatic carbocycles. The van der Waals surface area contributed by atoms with Crippen LogP contribution in [-0.2, 0) is 16.8 Å². The van der Waals surface area contributed by atoms with Crippen LogP contribution in [0.15, 0.2) is 24.5 Å². The molecule has 0 spiro atoms. The first-order valence-corrected chi connectivity index (χ1v) is 9.24. The van der Waals surface area contributed by atoms with Crippen LogP contribution in [0.4, 0.5) is 0 Å². The third-order valence-corrected chi connectivity index (χ3v) is 6.30. The lowest BCUT2D eigenvalue weighted by Crippen LogP contribution is -2.51. The summed E-state index contributed by atoms with van der Waals surface area (Å²) in [6.45, 7) is 3.23. The van der Waals surface area contributed by atoms with Crippen LogP contribution >= 0.6 is 11.6 Å². The lowest BCUT2D eigenvalue weighted by Gasteiger charge is -2.37. The van der Waals surface area contributed by atoms with Gasteiger partial charge in [-0.05, 0) is 30.5 Å². The molecule has 1 fully saturated rings. The van der Waals surface area contributed by atoms with Gasteiger partial charge in [-0.1, -0.05) is 13.3 Å². The summed E-state index contributed by atoms with van der Waals surface area (Å²) in [7, 11) is -3.47. The summed E-state index contributed by atoms with van der Waals surface area (Å²) < 4.78 is 28.8. The Morgan fingerprint density at radius 1 is 1.38 bits per heavy atom. The molecule has 2 heterocycles. The number of alkyl halides is 1. The van der Waals surface area contributed by atoms with Crippen molar-refractivity contribution in [3.8, 4) is 0 Å². The molecule has 2 rings (SSSR count). The Morgan fingerprint density at radius 2 is 2.10 bits per heavy atom. The second-order valence-corrected chi connectivity index (χ2v) is 7.39. The summed E-state index contributed by atoms with van der Waals surface area (Å²) in [5.41, 5.74) is 0.940. The molecule has 7 heteroatoms. The van der Waals surface area contributed by atoms with E-state index < -0.39 is 10.2 Å². The fraction of sp³-hybridized carbons (Fsp3) is 0.643. The minimum Gasteiger partial charge on any atom is -0.265 e. The monoisotopic (exact) mass is 331 g/mol. The molecule has 1 aromatic rings. The van der Waals surface area contributed by atoms with E-state index in [1.54, 1.807) is 16.7 Å². The predicted molar refractivity (Wildman–Crippen MR) is 84.3 cm³/mol. The van der Waals surface area contributed by atoms with Crippen LogP contribution in [0.25, 0.3) is 0 Å². The zero-order valence-electron chi connectivity index (χ0n) is 12.3. The van der Waals surface area contributed by atoms with Gasteiger partial charge in [0.25, 0.3) is 10.2 Å². The van der Waals surface area contributed by atoms with E-state index in [1.807, 2.05) is 19.1 Å². The van der Waals surface area contributed by atoms with Gasteiger partial charge in [0.05, 0.1) is 0 Å². The highest BCUT2D eigenvalue weighted by atomic mass is 35.5. The summed E-state index contributed by atoms with van der Waals surface area (Å²) in [5.74, 6) is 0.353. The van der Waals surface area contributed by atoms with Gasteiger partial charge in [-0.3, -0.25) is 4.98 Å². The summed E-state index contributed by atoms with van der Waals surface area (Å²) in [4.78, 5) is 3.96. The molecule has 21 heavy (non-hydrogen) atoms. The van der Waals surface area contributed by atoms with Gasteiger partial charge in [0, 0.05) is 43.9 Å². The summed E-state index contributed by atoms with van der Waals surface area (Å²) in [5, 5.41) is 0. The number of rotatable bonds is 6. The van der Waals surface area contributed by atoms with Crippen LogP contribution in [0.3, 0.4) is 0 Å². The Morgan fingerprint density at radius 3 is 2.71 bits per heavy atom. The van der Waals surface area contributed by atoms with E-state index in [9.17, 15) is 8.42 Å². The second kappa shape index (κ2) is 7.54. The van der Waals surface area contributed by atoms with Crippen LogP contribution in [0.5, 0.6) is 0 Å². The van der Waals surface area contributed by atoms with E-state index in [-0.39, 0.29) is 6.04 Å². The second-order valence-electron chi connectivity index (χ2n) is 5.20. The Labute approximate surface area is 132 Å². The number of aromatic nitrogens is 1. The van der Waals surface area contributed by atoms with Crippen molar-refractivity contribution in [3.05, 3.63) is 30.1 Å². The van der Waals surface area contributed by atoms with Crippen LogP contribution in [0.2, 0.25) is 0 Å². The minimum atomic E-state index is -3.47. The maximum absolute atomic E-state index is 12.9. The molecule has 5 nitrogen and oxygen atoms in total. The Bertz CT molecular complexity index is 538. The maximum Gasteiger partial charge on any atom is 0.282 e. The van der Waals surface area contributed by atoms with Gasteiger partial charge in [0.15, 0.2) is 0 Å². The third kappa shape index (κ3) is 3.94. The molecule has 118 valence electrons. The highest BCUT2D eigenvalue weighted by Crippen LogP contribution is 2.24. The van der Waals surface area contributed by atoms with E-state index in [4.69, 9.17) is 11.6 Å². The Balaban J connectivity index is 2.18. The lowest BCUT2D eigenvalue weighted by atomic mass is 10.1. The molecular weight excluding hydrogens is 310 g/mol. The van der Waals surface area contributed by atoms with Crippen molar-refractivity contribution in [1.29, 1.82) is 0 Å². The summed E-state index contributed by atoms with van der Waals surface area (Å²) >= 11 is 5.96. The maximum atomic E-state index is 12.9. The van der Waals surface area contributed by atoms with Gasteiger partial charge in [-0.15, -0.1) is 11.6 Å². The standard InChI is InChI=1S/C14H22ClN3O2S/c1-2-17(12-13-6-8-16-9-7-13)21(19,20)18-10-4-3-5-14(18)11-15/h6-9,14H,2-5,10-12H2,1H3. The van der Waals surface area contributed by atoms with Crippen LogP contribution in [0, 0.1) is 0 Å². The molecule has 0 aliphatic carbocycles. The lowest BCUT2D eigenvalue weighted by molar-refractivity contribution is 0.246. The number of nitrogens with zero attached hydrogens (tertiary/aromatic N) is 3. The zero-order chi connectivity index (χ0) is 15.3. The topological polar surface area (TPSA) is 53.5 Å². The molecule has 1 aromatic heterocycles. The van der Waals surface area contributed by atoms with Crippen LogP contribution in [-0.4, -0.2) is 47.0 Å². The zero-order valence-corrected chi connectivity index (χ0v) is 13.9. The van der Waals surface area contributed by atoms with E-state index in [0.29, 0.717) is 25.5 Å². The molecule has 1 aliphatic rings. The highest BCUT2D eigenvalue weighted by Gasteiger charge is 2.35. The minimum absolute atomic E-state index is 0.0862. The van der Waals surface area contributed by atoms with Crippen molar-refractivity contribution in [3.63, 3.8) is 0 Å². The van der Waals surface area contributed by atoms with Gasteiger partial charge in [0.1, 0.15) is 0 Å². The first-order chi connectivity index (χ1) is 10.1. The normalized spacial score (nSPS) is 20.8. The van der Waals surface area contributed by atoms with Gasteiger partial charge in [-0.2, -0.15) is 17.0 Å². The molecule has 0 amide bonds. The first kappa shape index (κ1) is 16.7. The summed E-state index contributed by atoms with van der Waals surface area (Å²) in [6.07, 6.45) is 6.14. The SMILES string of the molecule is CCN(Cc1ccncc1)S(=O)(=O)N1CCCCC1CCl. The van der Waals surface area contributed by atoms with Gasteiger partial charge in [-0.25, -0.2) is 0 Å². The highest BCUT2D eigenvalue weighted by molar-refractivity contribution is 7.86. The number of pyridine rings is 1. The van der Waals surface area contributed by atoms with Crippen molar-refractivity contribution >= 4 is 21.8 Å². The van der Waals surface area contributed by atoms with Crippen molar-refractivity contribution in [2.45, 2.75) is 38.8 Å². The molecule has 1 atom stereocenters. The van der Waals surface area contributed by atoms with Crippen LogP contribution in [0.1, 0.15) is 31.7 Å². The summed E-state index contributed by atoms with van der Waals surface area (Å²) in [6, 6.07) is 3.60. The Kier molecular flexibility index (Phi) is 5.98. The molecule has 1 saturated heterocycles. The molecule has 0 radical (unpaired) electrons. The Hall–Kier alpha value is -0.690. The average Bonchev–Trinajstić information content (AvgIpc) is 2.53. The van der Waals surface area contributed by atoms with E-state index in [0.717, 1.165) is 24.8 Å². The van der Waals surface area contributed by atoms with Crippen molar-refractivity contribution in [2.75, 3.05) is 19.0 Å². The van der Waals surface area contributed by atoms with E-state index >= 15 is 0 Å². The molecule has 0 saturated carbocycles. The van der Waals surface area contributed by atoms with Crippen LogP contribution < -0.4 is 0 Å². The molecule has 1 unspecified atom stereocenters. The number of halogens is 1. The fourth-order valence-electron chi connectivity index (χ4n) is 2.63. The van der Waals surface area contributed by atoms with E-state index in [1.165, 1.54) is 4.31 Å². The van der Waals surface area contributed by atoms with Gasteiger partial charge >= 0.3 is 0 Å². The number of hydrogen-bond acceptors (Lipinski definition) is 3.